The molecule has 2 heterocycles. The third-order valence-electron chi connectivity index (χ3n) is 2.20. The molecule has 0 fully saturated rings. The van der Waals surface area contributed by atoms with E-state index in [2.05, 4.69) is 11.4 Å². The summed E-state index contributed by atoms with van der Waals surface area (Å²) in [5, 5.41) is 2.14. The monoisotopic (exact) mass is 199 g/mol. The van der Waals surface area contributed by atoms with E-state index in [9.17, 15) is 0 Å². The molecule has 1 aromatic heterocycles. The van der Waals surface area contributed by atoms with E-state index in [0.29, 0.717) is 6.54 Å². The molecule has 74 valence electrons. The highest BCUT2D eigenvalue weighted by molar-refractivity contribution is 7.10. The van der Waals surface area contributed by atoms with Gasteiger partial charge in [-0.25, -0.2) is 0 Å². The highest BCUT2D eigenvalue weighted by Crippen LogP contribution is 2.32. The summed E-state index contributed by atoms with van der Waals surface area (Å²) in [5.41, 5.74) is 6.88. The third-order valence-corrected chi connectivity index (χ3v) is 3.20. The maximum Gasteiger partial charge on any atom is 0.0847 e. The lowest BCUT2D eigenvalue weighted by Gasteiger charge is -2.22. The van der Waals surface area contributed by atoms with E-state index in [1.54, 1.807) is 0 Å². The van der Waals surface area contributed by atoms with Crippen LogP contribution in [0.3, 0.4) is 0 Å². The van der Waals surface area contributed by atoms with Gasteiger partial charge in [-0.05, 0) is 30.0 Å². The van der Waals surface area contributed by atoms with Gasteiger partial charge in [-0.2, -0.15) is 0 Å². The first-order valence-electron chi connectivity index (χ1n) is 4.29. The number of nitrogens with two attached hydrogens (primary N) is 1. The molecule has 0 bridgehead atoms. The van der Waals surface area contributed by atoms with Gasteiger partial charge in [0.1, 0.15) is 0 Å². The number of hydrogen-bond acceptors (Lipinski definition) is 3. The Bertz CT molecular complexity index is 259. The van der Waals surface area contributed by atoms with E-state index in [0.717, 1.165) is 19.4 Å². The Hall–Kier alpha value is -0.380. The van der Waals surface area contributed by atoms with Crippen LogP contribution in [0.1, 0.15) is 30.4 Å². The predicted octanol–water partition coefficient (Wildman–Crippen LogP) is 2.35. The smallest absolute Gasteiger partial charge is 0.0847 e. The van der Waals surface area contributed by atoms with Gasteiger partial charge in [-0.3, -0.25) is 0 Å². The van der Waals surface area contributed by atoms with E-state index >= 15 is 0 Å². The molecule has 3 heteroatoms. The number of rotatable bonds is 2. The van der Waals surface area contributed by atoms with E-state index < -0.39 is 0 Å². The maximum atomic E-state index is 5.63. The molecule has 2 nitrogen and oxygen atoms in total. The van der Waals surface area contributed by atoms with Crippen LogP contribution >= 0.6 is 11.3 Å². The van der Waals surface area contributed by atoms with Crippen LogP contribution in [-0.4, -0.2) is 13.2 Å². The normalized spacial score (nSPS) is 20.5. The molecule has 1 aliphatic heterocycles. The van der Waals surface area contributed by atoms with Crippen LogP contribution in [-0.2, 0) is 11.2 Å². The summed E-state index contributed by atoms with van der Waals surface area (Å²) in [4.78, 5) is 1.49. The van der Waals surface area contributed by atoms with Crippen LogP contribution in [0.4, 0.5) is 0 Å². The zero-order valence-corrected chi connectivity index (χ0v) is 7.77. The summed E-state index contributed by atoms with van der Waals surface area (Å²) in [6.45, 7) is 1.57. The van der Waals surface area contributed by atoms with Gasteiger partial charge in [0.15, 0.2) is 0 Å². The molecule has 0 saturated heterocycles. The van der Waals surface area contributed by atoms with Crippen molar-refractivity contribution in [1.29, 1.82) is 0 Å². The summed E-state index contributed by atoms with van der Waals surface area (Å²) in [6, 6.07) is 2.17. The lowest BCUT2D eigenvalue weighted by atomic mass is 10.0. The van der Waals surface area contributed by atoms with Crippen LogP contribution in [0.25, 0.3) is 0 Å². The van der Waals surface area contributed by atoms with Gasteiger partial charge in [0, 0.05) is 11.3 Å². The molecule has 1 aromatic rings. The van der Waals surface area contributed by atoms with Crippen molar-refractivity contribution in [3.8, 4) is 0 Å². The Morgan fingerprint density at radius 1 is 1.62 bits per heavy atom. The fraction of sp³-hybridized carbons (Fsp3) is 0.600. The second-order valence-corrected chi connectivity index (χ2v) is 3.99. The van der Waals surface area contributed by atoms with Gasteiger partial charge >= 0.3 is 0 Å². The first-order valence-corrected chi connectivity index (χ1v) is 5.17. The molecule has 0 radical (unpaired) electrons. The van der Waals surface area contributed by atoms with Crippen molar-refractivity contribution in [2.45, 2.75) is 26.4 Å². The largest absolute Gasteiger partial charge is 0.373 e. The van der Waals surface area contributed by atoms with Crippen LogP contribution < -0.4 is 5.73 Å². The molecule has 2 N–H and O–H groups in total. The summed E-state index contributed by atoms with van der Waals surface area (Å²) < 4.78 is 5.63. The number of thiophene rings is 1. The minimum atomic E-state index is 0. The quantitative estimate of drug-likeness (QED) is 0.793. The summed E-state index contributed by atoms with van der Waals surface area (Å²) in [5.74, 6) is 0. The Balaban J connectivity index is 0.000000845. The standard InChI is InChI=1S/C9H13NOS.CH4/c10-4-1-8-7-3-6-12-9(7)2-5-11-8;/h3,6,8H,1-2,4-5,10H2;1H4. The van der Waals surface area contributed by atoms with Gasteiger partial charge in [-0.15, -0.1) is 11.3 Å². The molecule has 13 heavy (non-hydrogen) atoms. The molecule has 0 aromatic carbocycles. The highest BCUT2D eigenvalue weighted by atomic mass is 32.1. The van der Waals surface area contributed by atoms with Crippen molar-refractivity contribution < 1.29 is 4.74 Å². The summed E-state index contributed by atoms with van der Waals surface area (Å²) >= 11 is 1.83. The summed E-state index contributed by atoms with van der Waals surface area (Å²) in [6.07, 6.45) is 2.29. The molecule has 1 unspecified atom stereocenters. The van der Waals surface area contributed by atoms with Crippen LogP contribution in [0.15, 0.2) is 11.4 Å². The summed E-state index contributed by atoms with van der Waals surface area (Å²) in [7, 11) is 0. The van der Waals surface area contributed by atoms with E-state index in [1.165, 1.54) is 10.4 Å². The molecular weight excluding hydrogens is 182 g/mol. The molecule has 1 aliphatic rings. The molecule has 1 atom stereocenters. The number of hydrogen-bond donors (Lipinski definition) is 1. The van der Waals surface area contributed by atoms with Gasteiger partial charge < -0.3 is 10.5 Å². The molecule has 2 rings (SSSR count). The SMILES string of the molecule is C.NCCC1OCCc2sccc21. The zero-order chi connectivity index (χ0) is 8.39. The van der Waals surface area contributed by atoms with Gasteiger partial charge in [0.25, 0.3) is 0 Å². The van der Waals surface area contributed by atoms with E-state index in [-0.39, 0.29) is 13.5 Å². The molecule has 0 amide bonds. The predicted molar refractivity (Wildman–Crippen MR) is 57.1 cm³/mol. The fourth-order valence-electron chi connectivity index (χ4n) is 1.61. The van der Waals surface area contributed by atoms with Crippen molar-refractivity contribution in [1.82, 2.24) is 0 Å². The van der Waals surface area contributed by atoms with E-state index in [4.69, 9.17) is 10.5 Å². The Labute approximate surface area is 83.7 Å². The van der Waals surface area contributed by atoms with Gasteiger partial charge in [0.05, 0.1) is 12.7 Å². The van der Waals surface area contributed by atoms with Crippen LogP contribution in [0.5, 0.6) is 0 Å². The minimum absolute atomic E-state index is 0. The first kappa shape index (κ1) is 10.7. The topological polar surface area (TPSA) is 35.2 Å². The molecule has 0 aliphatic carbocycles. The third kappa shape index (κ3) is 2.10. The zero-order valence-electron chi connectivity index (χ0n) is 6.95. The van der Waals surface area contributed by atoms with Gasteiger partial charge in [-0.1, -0.05) is 7.43 Å². The number of fused-ring (bicyclic) bond motifs is 1. The molecule has 0 spiro atoms. The maximum absolute atomic E-state index is 5.63. The van der Waals surface area contributed by atoms with Crippen molar-refractivity contribution >= 4 is 11.3 Å². The fourth-order valence-corrected chi connectivity index (χ4v) is 2.53. The van der Waals surface area contributed by atoms with Gasteiger partial charge in [0.2, 0.25) is 0 Å². The van der Waals surface area contributed by atoms with Crippen LogP contribution in [0.2, 0.25) is 0 Å². The molecule has 0 saturated carbocycles. The van der Waals surface area contributed by atoms with E-state index in [1.807, 2.05) is 11.3 Å². The Morgan fingerprint density at radius 3 is 3.23 bits per heavy atom. The lowest BCUT2D eigenvalue weighted by Crippen LogP contribution is -2.17. The van der Waals surface area contributed by atoms with Crippen molar-refractivity contribution in [3.05, 3.63) is 21.9 Å². The second kappa shape index (κ2) is 4.74. The second-order valence-electron chi connectivity index (χ2n) is 2.99. The number of ether oxygens (including phenoxy) is 1. The Kier molecular flexibility index (Phi) is 3.90. The van der Waals surface area contributed by atoms with Crippen LogP contribution in [0, 0.1) is 0 Å². The average Bonchev–Trinajstić information content (AvgIpc) is 2.53. The lowest BCUT2D eigenvalue weighted by molar-refractivity contribution is 0.0395. The minimum Gasteiger partial charge on any atom is -0.373 e. The average molecular weight is 199 g/mol. The van der Waals surface area contributed by atoms with Crippen molar-refractivity contribution in [3.63, 3.8) is 0 Å². The van der Waals surface area contributed by atoms with Crippen molar-refractivity contribution in [2.75, 3.05) is 13.2 Å². The molecular formula is C10H17NOS. The first-order chi connectivity index (χ1) is 5.92. The Morgan fingerprint density at radius 2 is 2.46 bits per heavy atom. The highest BCUT2D eigenvalue weighted by Gasteiger charge is 2.20. The van der Waals surface area contributed by atoms with Crippen molar-refractivity contribution in [2.24, 2.45) is 5.73 Å².